The van der Waals surface area contributed by atoms with Crippen LogP contribution in [0.25, 0.3) is 11.3 Å². The molecule has 0 unspecified atom stereocenters. The van der Waals surface area contributed by atoms with E-state index in [1.54, 1.807) is 12.3 Å². The first-order valence-corrected chi connectivity index (χ1v) is 10.3. The molecule has 0 spiro atoms. The Morgan fingerprint density at radius 1 is 1.10 bits per heavy atom. The number of ether oxygens (including phenoxy) is 1. The van der Waals surface area contributed by atoms with Gasteiger partial charge in [-0.05, 0) is 30.2 Å². The minimum atomic E-state index is -4.72. The van der Waals surface area contributed by atoms with E-state index in [4.69, 9.17) is 0 Å². The van der Waals surface area contributed by atoms with Crippen molar-refractivity contribution in [3.8, 4) is 17.0 Å². The van der Waals surface area contributed by atoms with Gasteiger partial charge in [0.25, 0.3) is 0 Å². The lowest BCUT2D eigenvalue weighted by Gasteiger charge is -2.28. The Bertz CT molecular complexity index is 1040. The molecule has 3 heterocycles. The number of alkyl halides is 3. The van der Waals surface area contributed by atoms with Crippen molar-refractivity contribution < 1.29 is 17.9 Å². The number of rotatable bonds is 6. The average Bonchev–Trinajstić information content (AvgIpc) is 2.74. The third-order valence-electron chi connectivity index (χ3n) is 5.13. The number of benzene rings is 1. The number of hydrogen-bond acceptors (Lipinski definition) is 5. The van der Waals surface area contributed by atoms with Gasteiger partial charge in [-0.2, -0.15) is 0 Å². The molecule has 4 rings (SSSR count). The number of fused-ring (bicyclic) bond motifs is 1. The molecule has 0 saturated heterocycles. The van der Waals surface area contributed by atoms with E-state index < -0.39 is 6.36 Å². The fourth-order valence-corrected chi connectivity index (χ4v) is 3.69. The van der Waals surface area contributed by atoms with E-state index in [-0.39, 0.29) is 5.75 Å². The first kappa shape index (κ1) is 21.2. The summed E-state index contributed by atoms with van der Waals surface area (Å²) in [5.41, 5.74) is 4.51. The summed E-state index contributed by atoms with van der Waals surface area (Å²) in [4.78, 5) is 15.9. The molecule has 0 saturated carbocycles. The van der Waals surface area contributed by atoms with Crippen LogP contribution in [0.2, 0.25) is 0 Å². The van der Waals surface area contributed by atoms with Crippen molar-refractivity contribution in [2.24, 2.45) is 0 Å². The SMILES string of the molecule is CCCc1ncc2c(n1)CCN(Cc1ccc(-c3cccc(OC(F)(F)F)c3)nc1)C2. The Labute approximate surface area is 178 Å². The van der Waals surface area contributed by atoms with E-state index in [2.05, 4.69) is 31.5 Å². The molecule has 1 aromatic carbocycles. The number of aryl methyl sites for hydroxylation is 1. The van der Waals surface area contributed by atoms with Gasteiger partial charge in [0, 0.05) is 61.7 Å². The van der Waals surface area contributed by atoms with E-state index in [1.807, 2.05) is 18.3 Å². The van der Waals surface area contributed by atoms with Crippen LogP contribution in [0.1, 0.15) is 36.0 Å². The summed E-state index contributed by atoms with van der Waals surface area (Å²) in [6.45, 7) is 4.56. The molecule has 31 heavy (non-hydrogen) atoms. The average molecular weight is 428 g/mol. The fraction of sp³-hybridized carbons (Fsp3) is 0.348. The highest BCUT2D eigenvalue weighted by atomic mass is 19.4. The highest BCUT2D eigenvalue weighted by Gasteiger charge is 2.31. The molecule has 0 atom stereocenters. The molecule has 0 N–H and O–H groups in total. The molecule has 3 aromatic rings. The van der Waals surface area contributed by atoms with E-state index >= 15 is 0 Å². The van der Waals surface area contributed by atoms with Gasteiger partial charge in [-0.3, -0.25) is 9.88 Å². The third-order valence-corrected chi connectivity index (χ3v) is 5.13. The molecule has 2 aromatic heterocycles. The first-order valence-electron chi connectivity index (χ1n) is 10.3. The number of aromatic nitrogens is 3. The topological polar surface area (TPSA) is 51.1 Å². The quantitative estimate of drug-likeness (QED) is 0.556. The van der Waals surface area contributed by atoms with Crippen LogP contribution in [0.4, 0.5) is 13.2 Å². The molecule has 0 bridgehead atoms. The second kappa shape index (κ2) is 9.01. The maximum Gasteiger partial charge on any atom is 0.573 e. The second-order valence-electron chi connectivity index (χ2n) is 7.60. The lowest BCUT2D eigenvalue weighted by Crippen LogP contribution is -2.31. The summed E-state index contributed by atoms with van der Waals surface area (Å²) in [5, 5.41) is 0. The summed E-state index contributed by atoms with van der Waals surface area (Å²) in [6.07, 6.45) is 1.82. The van der Waals surface area contributed by atoms with Gasteiger partial charge in [0.2, 0.25) is 0 Å². The smallest absolute Gasteiger partial charge is 0.406 e. The Morgan fingerprint density at radius 2 is 1.97 bits per heavy atom. The molecule has 162 valence electrons. The first-order chi connectivity index (χ1) is 14.9. The molecule has 5 nitrogen and oxygen atoms in total. The van der Waals surface area contributed by atoms with Gasteiger partial charge < -0.3 is 4.74 Å². The molecule has 1 aliphatic rings. The summed E-state index contributed by atoms with van der Waals surface area (Å²) in [5.74, 6) is 0.659. The van der Waals surface area contributed by atoms with E-state index in [1.165, 1.54) is 18.2 Å². The molecular weight excluding hydrogens is 405 g/mol. The number of pyridine rings is 1. The highest BCUT2D eigenvalue weighted by Crippen LogP contribution is 2.27. The predicted molar refractivity (Wildman–Crippen MR) is 110 cm³/mol. The molecule has 0 fully saturated rings. The number of hydrogen-bond donors (Lipinski definition) is 0. The van der Waals surface area contributed by atoms with Crippen molar-refractivity contribution in [2.45, 2.75) is 45.6 Å². The van der Waals surface area contributed by atoms with Crippen LogP contribution in [0.3, 0.4) is 0 Å². The molecule has 8 heteroatoms. The maximum absolute atomic E-state index is 12.4. The minimum Gasteiger partial charge on any atom is -0.406 e. The molecule has 1 aliphatic heterocycles. The van der Waals surface area contributed by atoms with Gasteiger partial charge in [0.15, 0.2) is 0 Å². The molecule has 0 aliphatic carbocycles. The van der Waals surface area contributed by atoms with E-state index in [0.29, 0.717) is 11.3 Å². The predicted octanol–water partition coefficient (Wildman–Crippen LogP) is 4.95. The van der Waals surface area contributed by atoms with Gasteiger partial charge >= 0.3 is 6.36 Å². The maximum atomic E-state index is 12.4. The van der Waals surface area contributed by atoms with Gasteiger partial charge in [0.05, 0.1) is 5.69 Å². The zero-order valence-electron chi connectivity index (χ0n) is 17.2. The zero-order chi connectivity index (χ0) is 21.8. The van der Waals surface area contributed by atoms with Crippen LogP contribution in [0, 0.1) is 0 Å². The summed E-state index contributed by atoms with van der Waals surface area (Å²) < 4.78 is 41.3. The van der Waals surface area contributed by atoms with Gasteiger partial charge in [-0.15, -0.1) is 13.2 Å². The van der Waals surface area contributed by atoms with Crippen molar-refractivity contribution in [3.05, 3.63) is 71.4 Å². The van der Waals surface area contributed by atoms with Crippen LogP contribution in [-0.2, 0) is 25.9 Å². The van der Waals surface area contributed by atoms with Crippen molar-refractivity contribution in [2.75, 3.05) is 6.54 Å². The van der Waals surface area contributed by atoms with Gasteiger partial charge in [-0.25, -0.2) is 9.97 Å². The third kappa shape index (κ3) is 5.58. The van der Waals surface area contributed by atoms with Gasteiger partial charge in [0.1, 0.15) is 11.6 Å². The Morgan fingerprint density at radius 3 is 2.71 bits per heavy atom. The summed E-state index contributed by atoms with van der Waals surface area (Å²) in [6, 6.07) is 9.61. The standard InChI is InChI=1S/C23H23F3N4O/c1-2-4-22-28-13-18-15-30(10-9-21(18)29-22)14-16-7-8-20(27-12-16)17-5-3-6-19(11-17)31-23(24,25)26/h3,5-8,11-13H,2,4,9-10,14-15H2,1H3. The molecular formula is C23H23F3N4O. The lowest BCUT2D eigenvalue weighted by atomic mass is 10.1. The fourth-order valence-electron chi connectivity index (χ4n) is 3.69. The highest BCUT2D eigenvalue weighted by molar-refractivity contribution is 5.61. The zero-order valence-corrected chi connectivity index (χ0v) is 17.2. The lowest BCUT2D eigenvalue weighted by molar-refractivity contribution is -0.274. The van der Waals surface area contributed by atoms with E-state index in [9.17, 15) is 13.2 Å². The largest absolute Gasteiger partial charge is 0.573 e. The Kier molecular flexibility index (Phi) is 6.18. The van der Waals surface area contributed by atoms with Crippen LogP contribution in [0.15, 0.2) is 48.8 Å². The van der Waals surface area contributed by atoms with Crippen molar-refractivity contribution in [3.63, 3.8) is 0 Å². The van der Waals surface area contributed by atoms with Crippen LogP contribution in [-0.4, -0.2) is 32.8 Å². The minimum absolute atomic E-state index is 0.257. The molecule has 0 radical (unpaired) electrons. The van der Waals surface area contributed by atoms with Crippen molar-refractivity contribution in [1.82, 2.24) is 19.9 Å². The Balaban J connectivity index is 1.41. The van der Waals surface area contributed by atoms with Crippen LogP contribution in [0.5, 0.6) is 5.75 Å². The van der Waals surface area contributed by atoms with Crippen molar-refractivity contribution >= 4 is 0 Å². The van der Waals surface area contributed by atoms with E-state index in [0.717, 1.165) is 61.5 Å². The van der Waals surface area contributed by atoms with Crippen LogP contribution >= 0.6 is 0 Å². The Hall–Kier alpha value is -3.00. The monoisotopic (exact) mass is 428 g/mol. The van der Waals surface area contributed by atoms with Crippen LogP contribution < -0.4 is 4.74 Å². The summed E-state index contributed by atoms with van der Waals surface area (Å²) >= 11 is 0. The van der Waals surface area contributed by atoms with Crippen molar-refractivity contribution in [1.29, 1.82) is 0 Å². The normalized spacial score (nSPS) is 14.3. The number of nitrogens with zero attached hydrogens (tertiary/aromatic N) is 4. The summed E-state index contributed by atoms with van der Waals surface area (Å²) in [7, 11) is 0. The molecule has 0 amide bonds. The number of halogens is 3. The van der Waals surface area contributed by atoms with Gasteiger partial charge in [-0.1, -0.05) is 25.1 Å². The second-order valence-corrected chi connectivity index (χ2v) is 7.60.